The van der Waals surface area contributed by atoms with Crippen LogP contribution < -0.4 is 5.73 Å². The van der Waals surface area contributed by atoms with Crippen molar-refractivity contribution in [2.75, 3.05) is 6.54 Å². The highest BCUT2D eigenvalue weighted by Gasteiger charge is 2.58. The first-order valence-corrected chi connectivity index (χ1v) is 5.88. The zero-order valence-electron chi connectivity index (χ0n) is 8.94. The van der Waals surface area contributed by atoms with Gasteiger partial charge in [-0.25, -0.2) is 4.79 Å². The summed E-state index contributed by atoms with van der Waals surface area (Å²) in [5.41, 5.74) is 5.36. The van der Waals surface area contributed by atoms with Crippen LogP contribution >= 0.6 is 23.2 Å². The van der Waals surface area contributed by atoms with Crippen molar-refractivity contribution < 1.29 is 9.90 Å². The van der Waals surface area contributed by atoms with E-state index in [0.29, 0.717) is 12.0 Å². The first-order valence-electron chi connectivity index (χ1n) is 5.12. The fourth-order valence-corrected chi connectivity index (χ4v) is 2.71. The van der Waals surface area contributed by atoms with Crippen LogP contribution in [0.5, 0.6) is 0 Å². The van der Waals surface area contributed by atoms with E-state index in [1.54, 1.807) is 24.3 Å². The summed E-state index contributed by atoms with van der Waals surface area (Å²) in [6.45, 7) is 0.216. The molecule has 0 aromatic heterocycles. The van der Waals surface area contributed by atoms with E-state index in [1.807, 2.05) is 6.07 Å². The van der Waals surface area contributed by atoms with E-state index in [0.717, 1.165) is 4.90 Å². The third-order valence-electron chi connectivity index (χ3n) is 3.08. The van der Waals surface area contributed by atoms with Crippen LogP contribution in [0.1, 0.15) is 12.0 Å². The van der Waals surface area contributed by atoms with Gasteiger partial charge in [0.1, 0.15) is 0 Å². The van der Waals surface area contributed by atoms with Crippen LogP contribution in [0.4, 0.5) is 4.79 Å². The summed E-state index contributed by atoms with van der Waals surface area (Å²) in [5.74, 6) is 0. The molecule has 1 amide bonds. The summed E-state index contributed by atoms with van der Waals surface area (Å²) in [6.07, 6.45) is -0.826. The van der Waals surface area contributed by atoms with Gasteiger partial charge in [-0.3, -0.25) is 4.90 Å². The number of hydrogen-bond donors (Lipinski definition) is 2. The molecule has 3 N–H and O–H groups in total. The highest BCUT2D eigenvalue weighted by Crippen LogP contribution is 2.49. The maximum atomic E-state index is 11.2. The smallest absolute Gasteiger partial charge is 0.409 e. The summed E-state index contributed by atoms with van der Waals surface area (Å²) in [7, 11) is 0. The van der Waals surface area contributed by atoms with Crippen LogP contribution in [0.2, 0.25) is 0 Å². The minimum atomic E-state index is -1.41. The number of halogens is 2. The lowest BCUT2D eigenvalue weighted by molar-refractivity contribution is 0.101. The SMILES string of the molecule is NC1(c2ccccc2)N(C(=O)O)CCC1(Cl)Cl. The highest BCUT2D eigenvalue weighted by atomic mass is 35.5. The van der Waals surface area contributed by atoms with E-state index < -0.39 is 16.1 Å². The molecule has 1 aromatic carbocycles. The van der Waals surface area contributed by atoms with E-state index in [1.165, 1.54) is 0 Å². The maximum Gasteiger partial charge on any atom is 0.409 e. The first-order chi connectivity index (χ1) is 7.89. The van der Waals surface area contributed by atoms with Gasteiger partial charge >= 0.3 is 6.09 Å². The molecular weight excluding hydrogens is 263 g/mol. The number of carbonyl (C=O) groups is 1. The number of hydrogen-bond acceptors (Lipinski definition) is 2. The second kappa shape index (κ2) is 4.05. The van der Waals surface area contributed by atoms with Crippen LogP contribution in [0, 0.1) is 0 Å². The Morgan fingerprint density at radius 1 is 1.35 bits per heavy atom. The zero-order chi connectivity index (χ0) is 12.7. The van der Waals surface area contributed by atoms with Crippen molar-refractivity contribution in [3.63, 3.8) is 0 Å². The van der Waals surface area contributed by atoms with Gasteiger partial charge in [-0.15, -0.1) is 0 Å². The molecule has 0 saturated carbocycles. The molecule has 1 unspecified atom stereocenters. The Balaban J connectivity index is 2.54. The predicted molar refractivity (Wildman–Crippen MR) is 66.1 cm³/mol. The molecular formula is C11H12Cl2N2O2. The first kappa shape index (κ1) is 12.5. The van der Waals surface area contributed by atoms with Crippen molar-refractivity contribution in [1.82, 2.24) is 4.90 Å². The Bertz CT molecular complexity index is 438. The van der Waals surface area contributed by atoms with E-state index in [4.69, 9.17) is 28.9 Å². The average molecular weight is 275 g/mol. The van der Waals surface area contributed by atoms with Crippen molar-refractivity contribution in [3.8, 4) is 0 Å². The summed E-state index contributed by atoms with van der Waals surface area (Å²) in [5, 5.41) is 9.17. The van der Waals surface area contributed by atoms with Crippen molar-refractivity contribution in [2.24, 2.45) is 5.73 Å². The Labute approximate surface area is 109 Å². The van der Waals surface area contributed by atoms with Gasteiger partial charge in [0.15, 0.2) is 10.00 Å². The molecule has 1 heterocycles. The third kappa shape index (κ3) is 1.76. The molecule has 0 aliphatic carbocycles. The number of benzene rings is 1. The predicted octanol–water partition coefficient (Wildman–Crippen LogP) is 2.36. The lowest BCUT2D eigenvalue weighted by atomic mass is 9.97. The summed E-state index contributed by atoms with van der Waals surface area (Å²) >= 11 is 12.4. The van der Waals surface area contributed by atoms with Crippen LogP contribution in [0.15, 0.2) is 30.3 Å². The largest absolute Gasteiger partial charge is 0.465 e. The molecule has 17 heavy (non-hydrogen) atoms. The Hall–Kier alpha value is -0.970. The van der Waals surface area contributed by atoms with Gasteiger partial charge in [0, 0.05) is 13.0 Å². The lowest BCUT2D eigenvalue weighted by Gasteiger charge is -2.39. The van der Waals surface area contributed by atoms with Gasteiger partial charge in [0.05, 0.1) is 0 Å². The number of rotatable bonds is 1. The molecule has 1 saturated heterocycles. The van der Waals surface area contributed by atoms with Gasteiger partial charge in [0.25, 0.3) is 0 Å². The molecule has 1 aliphatic rings. The highest BCUT2D eigenvalue weighted by molar-refractivity contribution is 6.49. The van der Waals surface area contributed by atoms with Gasteiger partial charge in [-0.1, -0.05) is 53.5 Å². The van der Waals surface area contributed by atoms with E-state index in [-0.39, 0.29) is 6.54 Å². The van der Waals surface area contributed by atoms with Crippen molar-refractivity contribution in [3.05, 3.63) is 35.9 Å². The zero-order valence-corrected chi connectivity index (χ0v) is 10.4. The van der Waals surface area contributed by atoms with Gasteiger partial charge < -0.3 is 10.8 Å². The minimum absolute atomic E-state index is 0.216. The summed E-state index contributed by atoms with van der Waals surface area (Å²) < 4.78 is -1.33. The lowest BCUT2D eigenvalue weighted by Crippen LogP contribution is -2.58. The topological polar surface area (TPSA) is 66.6 Å². The fraction of sp³-hybridized carbons (Fsp3) is 0.364. The number of carboxylic acid groups (broad SMARTS) is 1. The van der Waals surface area contributed by atoms with Gasteiger partial charge in [-0.2, -0.15) is 0 Å². The quantitative estimate of drug-likeness (QED) is 0.773. The number of nitrogens with two attached hydrogens (primary N) is 1. The number of alkyl halides is 2. The maximum absolute atomic E-state index is 11.2. The second-order valence-electron chi connectivity index (χ2n) is 4.02. The van der Waals surface area contributed by atoms with E-state index >= 15 is 0 Å². The van der Waals surface area contributed by atoms with Crippen LogP contribution in [-0.2, 0) is 5.66 Å². The summed E-state index contributed by atoms with van der Waals surface area (Å²) in [4.78, 5) is 12.3. The molecule has 1 aromatic rings. The van der Waals surface area contributed by atoms with Crippen molar-refractivity contribution in [1.29, 1.82) is 0 Å². The monoisotopic (exact) mass is 274 g/mol. The molecule has 1 aliphatic heterocycles. The van der Waals surface area contributed by atoms with Crippen molar-refractivity contribution in [2.45, 2.75) is 16.4 Å². The molecule has 6 heteroatoms. The van der Waals surface area contributed by atoms with E-state index in [2.05, 4.69) is 0 Å². The van der Waals surface area contributed by atoms with Crippen LogP contribution in [-0.4, -0.2) is 27.0 Å². The molecule has 1 fully saturated rings. The van der Waals surface area contributed by atoms with E-state index in [9.17, 15) is 9.90 Å². The third-order valence-corrected chi connectivity index (χ3v) is 4.03. The number of likely N-dealkylation sites (tertiary alicyclic amines) is 1. The molecule has 2 rings (SSSR count). The Morgan fingerprint density at radius 3 is 2.47 bits per heavy atom. The Kier molecular flexibility index (Phi) is 2.97. The molecule has 92 valence electrons. The summed E-state index contributed by atoms with van der Waals surface area (Å²) in [6, 6.07) is 8.80. The average Bonchev–Trinajstić information content (AvgIpc) is 2.53. The van der Waals surface area contributed by atoms with Crippen LogP contribution in [0.25, 0.3) is 0 Å². The fourth-order valence-electron chi connectivity index (χ4n) is 2.12. The normalized spacial score (nSPS) is 27.1. The molecule has 0 radical (unpaired) electrons. The second-order valence-corrected chi connectivity index (χ2v) is 5.50. The van der Waals surface area contributed by atoms with Crippen LogP contribution in [0.3, 0.4) is 0 Å². The van der Waals surface area contributed by atoms with Gasteiger partial charge in [-0.05, 0) is 5.56 Å². The molecule has 0 spiro atoms. The molecule has 4 nitrogen and oxygen atoms in total. The Morgan fingerprint density at radius 2 is 1.94 bits per heavy atom. The van der Waals surface area contributed by atoms with Crippen molar-refractivity contribution >= 4 is 29.3 Å². The molecule has 1 atom stereocenters. The number of nitrogens with zero attached hydrogens (tertiary/aromatic N) is 1. The molecule has 0 bridgehead atoms. The minimum Gasteiger partial charge on any atom is -0.465 e. The number of amides is 1. The standard InChI is InChI=1S/C11H12Cl2N2O2/c12-10(13)6-7-15(9(16)17)11(10,14)8-4-2-1-3-5-8/h1-5H,6-7,14H2,(H,16,17). The van der Waals surface area contributed by atoms with Gasteiger partial charge in [0.2, 0.25) is 0 Å².